The van der Waals surface area contributed by atoms with E-state index in [-0.39, 0.29) is 5.41 Å². The van der Waals surface area contributed by atoms with E-state index in [2.05, 4.69) is 113 Å². The molecule has 0 bridgehead atoms. The molecule has 0 N–H and O–H groups in total. The molecule has 1 nitrogen and oxygen atoms in total. The number of nitrogens with zero attached hydrogens (tertiary/aromatic N) is 1. The minimum atomic E-state index is -2.44. The van der Waals surface area contributed by atoms with E-state index in [4.69, 9.17) is 4.98 Å². The molecule has 34 heavy (non-hydrogen) atoms. The van der Waals surface area contributed by atoms with Crippen molar-refractivity contribution in [3.05, 3.63) is 89.6 Å². The predicted octanol–water partition coefficient (Wildman–Crippen LogP) is 7.85. The zero-order valence-electron chi connectivity index (χ0n) is 21.3. The molecule has 0 aliphatic rings. The number of aryl methyl sites for hydroxylation is 2. The van der Waals surface area contributed by atoms with Crippen molar-refractivity contribution in [3.8, 4) is 11.3 Å². The SMILES string of the molecule is Cc1cc[c]([Ge]([CH3])([CH3])[c]2sc3c(-c4cc(C(C)(C)C)c5ccccc5c4)nccc3c2C)cc1. The molecule has 0 aliphatic heterocycles. The summed E-state index contributed by atoms with van der Waals surface area (Å²) in [5.74, 6) is 5.06. The monoisotopic (exact) mass is 525 g/mol. The molecule has 0 saturated carbocycles. The third kappa shape index (κ3) is 3.91. The van der Waals surface area contributed by atoms with Gasteiger partial charge in [0.05, 0.1) is 0 Å². The number of benzene rings is 3. The first-order chi connectivity index (χ1) is 16.1. The molecule has 0 fully saturated rings. The van der Waals surface area contributed by atoms with Gasteiger partial charge in [0, 0.05) is 0 Å². The summed E-state index contributed by atoms with van der Waals surface area (Å²) in [7, 11) is 0. The van der Waals surface area contributed by atoms with Crippen LogP contribution in [0.2, 0.25) is 11.5 Å². The Morgan fingerprint density at radius 3 is 2.24 bits per heavy atom. The van der Waals surface area contributed by atoms with Crippen LogP contribution in [-0.4, -0.2) is 18.3 Å². The zero-order valence-corrected chi connectivity index (χ0v) is 24.2. The van der Waals surface area contributed by atoms with Crippen molar-refractivity contribution in [2.45, 2.75) is 51.5 Å². The third-order valence-electron chi connectivity index (χ3n) is 7.14. The maximum absolute atomic E-state index is 4.96. The van der Waals surface area contributed by atoms with Gasteiger partial charge in [-0.25, -0.2) is 0 Å². The van der Waals surface area contributed by atoms with E-state index in [0.717, 1.165) is 5.69 Å². The van der Waals surface area contributed by atoms with Crippen molar-refractivity contribution in [3.63, 3.8) is 0 Å². The van der Waals surface area contributed by atoms with Crippen LogP contribution < -0.4 is 8.11 Å². The van der Waals surface area contributed by atoms with E-state index < -0.39 is 13.3 Å². The minimum absolute atomic E-state index is 0.0583. The van der Waals surface area contributed by atoms with E-state index in [9.17, 15) is 0 Å². The van der Waals surface area contributed by atoms with Crippen LogP contribution in [0, 0.1) is 13.8 Å². The Hall–Kier alpha value is -2.43. The van der Waals surface area contributed by atoms with E-state index in [1.165, 1.54) is 47.5 Å². The van der Waals surface area contributed by atoms with Crippen LogP contribution in [-0.2, 0) is 5.41 Å². The van der Waals surface area contributed by atoms with E-state index in [0.29, 0.717) is 0 Å². The summed E-state index contributed by atoms with van der Waals surface area (Å²) in [6.45, 7) is 11.4. The van der Waals surface area contributed by atoms with Gasteiger partial charge in [-0.1, -0.05) is 0 Å². The molecule has 3 aromatic carbocycles. The number of rotatable bonds is 3. The van der Waals surface area contributed by atoms with Crippen molar-refractivity contribution in [2.24, 2.45) is 0 Å². The molecule has 0 saturated heterocycles. The number of hydrogen-bond acceptors (Lipinski definition) is 2. The molecule has 3 heteroatoms. The standard InChI is InChI=1S/C31H33GeNS/c1-20-12-14-24(15-13-20)32(6,7)30-21(2)25-16-17-33-28(29(25)34-30)23-18-22-10-8-9-11-26(22)27(19-23)31(3,4)5/h8-19H,1-7H3. The number of thiophene rings is 1. The molecular formula is C31H33GeNS. The Kier molecular flexibility index (Phi) is 5.73. The predicted molar refractivity (Wildman–Crippen MR) is 154 cm³/mol. The van der Waals surface area contributed by atoms with Gasteiger partial charge < -0.3 is 0 Å². The first-order valence-electron chi connectivity index (χ1n) is 12.1. The van der Waals surface area contributed by atoms with Crippen LogP contribution in [0.3, 0.4) is 0 Å². The van der Waals surface area contributed by atoms with Crippen molar-refractivity contribution in [1.82, 2.24) is 4.98 Å². The van der Waals surface area contributed by atoms with Crippen molar-refractivity contribution in [2.75, 3.05) is 0 Å². The summed E-state index contributed by atoms with van der Waals surface area (Å²) in [5, 5.41) is 3.99. The number of aromatic nitrogens is 1. The Balaban J connectivity index is 1.74. The van der Waals surface area contributed by atoms with Crippen LogP contribution in [0.15, 0.2) is 72.9 Å². The van der Waals surface area contributed by atoms with Crippen molar-refractivity contribution < 1.29 is 0 Å². The van der Waals surface area contributed by atoms with Gasteiger partial charge in [0.15, 0.2) is 0 Å². The molecule has 0 spiro atoms. The topological polar surface area (TPSA) is 12.9 Å². The average molecular weight is 524 g/mol. The van der Waals surface area contributed by atoms with Crippen LogP contribution in [0.5, 0.6) is 0 Å². The van der Waals surface area contributed by atoms with Crippen LogP contribution in [0.4, 0.5) is 0 Å². The molecular weight excluding hydrogens is 491 g/mol. The van der Waals surface area contributed by atoms with Crippen LogP contribution in [0.1, 0.15) is 37.5 Å². The van der Waals surface area contributed by atoms with Gasteiger partial charge in [0.25, 0.3) is 0 Å². The molecule has 0 radical (unpaired) electrons. The summed E-state index contributed by atoms with van der Waals surface area (Å²) in [6.07, 6.45) is 2.00. The summed E-state index contributed by atoms with van der Waals surface area (Å²) in [5.41, 5.74) is 6.56. The Bertz CT molecular complexity index is 1520. The first-order valence-corrected chi connectivity index (χ1v) is 19.2. The average Bonchev–Trinajstić information content (AvgIpc) is 3.15. The summed E-state index contributed by atoms with van der Waals surface area (Å²) < 4.78 is 4.47. The quantitative estimate of drug-likeness (QED) is 0.219. The normalized spacial score (nSPS) is 12.6. The molecule has 2 aromatic heterocycles. The van der Waals surface area contributed by atoms with Crippen LogP contribution >= 0.6 is 11.3 Å². The van der Waals surface area contributed by atoms with Gasteiger partial charge in [-0.3, -0.25) is 0 Å². The fourth-order valence-electron chi connectivity index (χ4n) is 5.12. The number of fused-ring (bicyclic) bond motifs is 2. The van der Waals surface area contributed by atoms with E-state index in [1.807, 2.05) is 17.5 Å². The molecule has 0 aliphatic carbocycles. The molecule has 0 atom stereocenters. The summed E-state index contributed by atoms with van der Waals surface area (Å²) in [4.78, 5) is 4.96. The number of pyridine rings is 1. The summed E-state index contributed by atoms with van der Waals surface area (Å²) in [6, 6.07) is 24.9. The molecule has 5 aromatic rings. The molecule has 0 unspecified atom stereocenters. The zero-order chi connectivity index (χ0) is 24.3. The second-order valence-corrected chi connectivity index (χ2v) is 21.9. The van der Waals surface area contributed by atoms with Crippen molar-refractivity contribution >= 4 is 53.6 Å². The Morgan fingerprint density at radius 1 is 0.824 bits per heavy atom. The second-order valence-electron chi connectivity index (χ2n) is 11.1. The first kappa shape index (κ1) is 23.3. The van der Waals surface area contributed by atoms with Crippen molar-refractivity contribution in [1.29, 1.82) is 0 Å². The second kappa shape index (κ2) is 8.35. The molecule has 172 valence electrons. The third-order valence-corrected chi connectivity index (χ3v) is 18.5. The molecule has 0 amide bonds. The van der Waals surface area contributed by atoms with E-state index >= 15 is 0 Å². The van der Waals surface area contributed by atoms with Gasteiger partial charge in [-0.05, 0) is 0 Å². The molecule has 2 heterocycles. The van der Waals surface area contributed by atoms with Crippen LogP contribution in [0.25, 0.3) is 32.1 Å². The maximum atomic E-state index is 4.96. The van der Waals surface area contributed by atoms with Gasteiger partial charge in [-0.15, -0.1) is 0 Å². The van der Waals surface area contributed by atoms with Gasteiger partial charge in [0.1, 0.15) is 0 Å². The number of hydrogen-bond donors (Lipinski definition) is 0. The fraction of sp³-hybridized carbons (Fsp3) is 0.258. The van der Waals surface area contributed by atoms with Gasteiger partial charge in [-0.2, -0.15) is 0 Å². The van der Waals surface area contributed by atoms with Gasteiger partial charge in [0.2, 0.25) is 0 Å². The fourth-order valence-corrected chi connectivity index (χ4v) is 14.2. The Labute approximate surface area is 210 Å². The summed E-state index contributed by atoms with van der Waals surface area (Å²) >= 11 is -0.446. The Morgan fingerprint density at radius 2 is 1.53 bits per heavy atom. The van der Waals surface area contributed by atoms with E-state index in [1.54, 1.807) is 3.71 Å². The van der Waals surface area contributed by atoms with Gasteiger partial charge >= 0.3 is 211 Å². The molecule has 5 rings (SSSR count).